The van der Waals surface area contributed by atoms with Gasteiger partial charge in [-0.25, -0.2) is 0 Å². The normalized spacial score (nSPS) is 10.2. The van der Waals surface area contributed by atoms with Gasteiger partial charge in [0.1, 0.15) is 5.75 Å². The first kappa shape index (κ1) is 19.9. The zero-order valence-corrected chi connectivity index (χ0v) is 14.5. The van der Waals surface area contributed by atoms with Gasteiger partial charge in [-0.05, 0) is 25.1 Å². The number of nitrogens with one attached hydrogen (secondary N) is 1. The standard InChI is InChI=1S/C15H23Cl2NO.ClH/c1-3-4-5-6-7-8-18-11-12-9-13(16)10-14(17)15(12)19-2;/h9-10,18H,3-8,11H2,1-2H3;1H. The highest BCUT2D eigenvalue weighted by Gasteiger charge is 2.09. The van der Waals surface area contributed by atoms with Crippen LogP contribution in [-0.4, -0.2) is 13.7 Å². The van der Waals surface area contributed by atoms with Crippen molar-refractivity contribution in [1.82, 2.24) is 5.32 Å². The maximum atomic E-state index is 6.09. The van der Waals surface area contributed by atoms with Crippen LogP contribution in [0.5, 0.6) is 5.75 Å². The van der Waals surface area contributed by atoms with E-state index in [0.717, 1.165) is 18.7 Å². The fourth-order valence-corrected chi connectivity index (χ4v) is 2.66. The second-order valence-corrected chi connectivity index (χ2v) is 5.51. The molecule has 0 aliphatic heterocycles. The van der Waals surface area contributed by atoms with Gasteiger partial charge in [-0.3, -0.25) is 0 Å². The Morgan fingerprint density at radius 2 is 1.80 bits per heavy atom. The monoisotopic (exact) mass is 339 g/mol. The third-order valence-electron chi connectivity index (χ3n) is 3.06. The molecule has 0 fully saturated rings. The Morgan fingerprint density at radius 1 is 1.10 bits per heavy atom. The Balaban J connectivity index is 0.00000361. The van der Waals surface area contributed by atoms with Gasteiger partial charge in [-0.15, -0.1) is 12.4 Å². The third-order valence-corrected chi connectivity index (χ3v) is 3.56. The fourth-order valence-electron chi connectivity index (χ4n) is 2.05. The molecule has 0 atom stereocenters. The summed E-state index contributed by atoms with van der Waals surface area (Å²) < 4.78 is 5.31. The summed E-state index contributed by atoms with van der Waals surface area (Å²) in [6, 6.07) is 3.60. The summed E-state index contributed by atoms with van der Waals surface area (Å²) in [6.07, 6.45) is 6.43. The van der Waals surface area contributed by atoms with E-state index in [1.165, 1.54) is 32.1 Å². The van der Waals surface area contributed by atoms with Crippen LogP contribution in [-0.2, 0) is 6.54 Å². The molecular weight excluding hydrogens is 317 g/mol. The SMILES string of the molecule is CCCCCCCNCc1cc(Cl)cc(Cl)c1OC.Cl. The molecule has 1 N–H and O–H groups in total. The molecule has 116 valence electrons. The van der Waals surface area contributed by atoms with Gasteiger partial charge >= 0.3 is 0 Å². The van der Waals surface area contributed by atoms with Crippen molar-refractivity contribution in [3.63, 3.8) is 0 Å². The molecule has 5 heteroatoms. The van der Waals surface area contributed by atoms with Crippen LogP contribution in [0, 0.1) is 0 Å². The van der Waals surface area contributed by atoms with Gasteiger partial charge in [-0.2, -0.15) is 0 Å². The van der Waals surface area contributed by atoms with E-state index >= 15 is 0 Å². The summed E-state index contributed by atoms with van der Waals surface area (Å²) in [7, 11) is 1.63. The lowest BCUT2D eigenvalue weighted by atomic mass is 10.1. The van der Waals surface area contributed by atoms with E-state index in [4.69, 9.17) is 27.9 Å². The zero-order chi connectivity index (χ0) is 14.1. The number of ether oxygens (including phenoxy) is 1. The number of methoxy groups -OCH3 is 1. The summed E-state index contributed by atoms with van der Waals surface area (Å²) in [6.45, 7) is 3.97. The minimum absolute atomic E-state index is 0. The highest BCUT2D eigenvalue weighted by Crippen LogP contribution is 2.31. The summed E-state index contributed by atoms with van der Waals surface area (Å²) in [5.74, 6) is 0.713. The minimum Gasteiger partial charge on any atom is -0.495 e. The number of halogens is 3. The Morgan fingerprint density at radius 3 is 2.45 bits per heavy atom. The number of benzene rings is 1. The van der Waals surface area contributed by atoms with E-state index in [9.17, 15) is 0 Å². The van der Waals surface area contributed by atoms with Crippen LogP contribution in [0.15, 0.2) is 12.1 Å². The van der Waals surface area contributed by atoms with Gasteiger partial charge in [0, 0.05) is 17.1 Å². The molecular formula is C15H24Cl3NO. The van der Waals surface area contributed by atoms with Crippen molar-refractivity contribution in [3.8, 4) is 5.75 Å². The summed E-state index contributed by atoms with van der Waals surface area (Å²) in [5, 5.41) is 4.62. The highest BCUT2D eigenvalue weighted by molar-refractivity contribution is 6.35. The molecule has 0 aliphatic carbocycles. The van der Waals surface area contributed by atoms with Crippen molar-refractivity contribution in [2.45, 2.75) is 45.6 Å². The summed E-state index contributed by atoms with van der Waals surface area (Å²) in [5.41, 5.74) is 1.01. The Bertz CT molecular complexity index is 386. The van der Waals surface area contributed by atoms with E-state index in [-0.39, 0.29) is 12.4 Å². The van der Waals surface area contributed by atoms with Crippen molar-refractivity contribution in [2.24, 2.45) is 0 Å². The molecule has 0 bridgehead atoms. The van der Waals surface area contributed by atoms with Crippen molar-refractivity contribution in [1.29, 1.82) is 0 Å². The molecule has 0 radical (unpaired) electrons. The van der Waals surface area contributed by atoms with Crippen molar-refractivity contribution < 1.29 is 4.74 Å². The van der Waals surface area contributed by atoms with Crippen LogP contribution in [0.1, 0.15) is 44.6 Å². The van der Waals surface area contributed by atoms with E-state index in [2.05, 4.69) is 12.2 Å². The number of hydrogen-bond acceptors (Lipinski definition) is 2. The first-order chi connectivity index (χ1) is 9.19. The molecule has 1 aromatic rings. The second-order valence-electron chi connectivity index (χ2n) is 4.67. The van der Waals surface area contributed by atoms with Gasteiger partial charge in [-0.1, -0.05) is 55.8 Å². The predicted octanol–water partition coefficient (Wildman–Crippen LogP) is 5.48. The lowest BCUT2D eigenvalue weighted by Gasteiger charge is -2.12. The average molecular weight is 341 g/mol. The van der Waals surface area contributed by atoms with E-state index < -0.39 is 0 Å². The highest BCUT2D eigenvalue weighted by atomic mass is 35.5. The fraction of sp³-hybridized carbons (Fsp3) is 0.600. The molecule has 1 aromatic carbocycles. The molecule has 0 spiro atoms. The summed E-state index contributed by atoms with van der Waals surface area (Å²) in [4.78, 5) is 0. The van der Waals surface area contributed by atoms with Crippen LogP contribution < -0.4 is 10.1 Å². The Labute approximate surface area is 138 Å². The molecule has 0 heterocycles. The van der Waals surface area contributed by atoms with Crippen LogP contribution in [0.2, 0.25) is 10.0 Å². The Hall–Kier alpha value is -0.150. The van der Waals surface area contributed by atoms with Gasteiger partial charge in [0.05, 0.1) is 12.1 Å². The second kappa shape index (κ2) is 11.5. The lowest BCUT2D eigenvalue weighted by Crippen LogP contribution is -2.15. The Kier molecular flexibility index (Phi) is 11.4. The number of unbranched alkanes of at least 4 members (excludes halogenated alkanes) is 4. The van der Waals surface area contributed by atoms with Gasteiger partial charge < -0.3 is 10.1 Å². The molecule has 2 nitrogen and oxygen atoms in total. The van der Waals surface area contributed by atoms with Crippen LogP contribution >= 0.6 is 35.6 Å². The summed E-state index contributed by atoms with van der Waals surface area (Å²) >= 11 is 12.1. The third kappa shape index (κ3) is 7.03. The van der Waals surface area contributed by atoms with Gasteiger partial charge in [0.2, 0.25) is 0 Å². The van der Waals surface area contributed by atoms with Crippen LogP contribution in [0.25, 0.3) is 0 Å². The number of rotatable bonds is 9. The quantitative estimate of drug-likeness (QED) is 0.601. The zero-order valence-electron chi connectivity index (χ0n) is 12.2. The molecule has 1 rings (SSSR count). The van der Waals surface area contributed by atoms with E-state index in [0.29, 0.717) is 15.8 Å². The molecule has 0 saturated heterocycles. The minimum atomic E-state index is 0. The predicted molar refractivity (Wildman–Crippen MR) is 90.7 cm³/mol. The smallest absolute Gasteiger partial charge is 0.142 e. The lowest BCUT2D eigenvalue weighted by molar-refractivity contribution is 0.407. The van der Waals surface area contributed by atoms with Crippen LogP contribution in [0.3, 0.4) is 0 Å². The molecule has 0 amide bonds. The molecule has 0 unspecified atom stereocenters. The first-order valence-corrected chi connectivity index (χ1v) is 7.67. The largest absolute Gasteiger partial charge is 0.495 e. The van der Waals surface area contributed by atoms with Crippen molar-refractivity contribution in [2.75, 3.05) is 13.7 Å². The topological polar surface area (TPSA) is 21.3 Å². The maximum Gasteiger partial charge on any atom is 0.142 e. The van der Waals surface area contributed by atoms with Gasteiger partial charge in [0.25, 0.3) is 0 Å². The van der Waals surface area contributed by atoms with Crippen LogP contribution in [0.4, 0.5) is 0 Å². The van der Waals surface area contributed by atoms with E-state index in [1.54, 1.807) is 13.2 Å². The molecule has 0 saturated carbocycles. The first-order valence-electron chi connectivity index (χ1n) is 6.91. The van der Waals surface area contributed by atoms with Crippen molar-refractivity contribution in [3.05, 3.63) is 27.7 Å². The van der Waals surface area contributed by atoms with E-state index in [1.807, 2.05) is 6.07 Å². The molecule has 0 aromatic heterocycles. The maximum absolute atomic E-state index is 6.09. The number of hydrogen-bond donors (Lipinski definition) is 1. The molecule has 0 aliphatic rings. The van der Waals surface area contributed by atoms with Gasteiger partial charge in [0.15, 0.2) is 0 Å². The van der Waals surface area contributed by atoms with Crippen molar-refractivity contribution >= 4 is 35.6 Å². The average Bonchev–Trinajstić information content (AvgIpc) is 2.37. The molecule has 20 heavy (non-hydrogen) atoms.